The molecule has 0 aliphatic carbocycles. The van der Waals surface area contributed by atoms with Crippen LogP contribution in [0.4, 0.5) is 11.4 Å². The first kappa shape index (κ1) is 25.2. The van der Waals surface area contributed by atoms with Gasteiger partial charge < -0.3 is 15.5 Å². The van der Waals surface area contributed by atoms with E-state index >= 15 is 0 Å². The summed E-state index contributed by atoms with van der Waals surface area (Å²) in [6.07, 6.45) is 1.00. The Kier molecular flexibility index (Phi) is 8.24. The van der Waals surface area contributed by atoms with Crippen molar-refractivity contribution in [3.63, 3.8) is 0 Å². The molecular weight excluding hydrogens is 458 g/mol. The summed E-state index contributed by atoms with van der Waals surface area (Å²) in [5.41, 5.74) is 1.70. The zero-order valence-corrected chi connectivity index (χ0v) is 20.0. The van der Waals surface area contributed by atoms with Crippen molar-refractivity contribution in [2.24, 2.45) is 0 Å². The number of benzene rings is 2. The third-order valence-corrected chi connectivity index (χ3v) is 5.82. The maximum absolute atomic E-state index is 13.2. The molecule has 0 atom stereocenters. The number of rotatable bonds is 8. The molecule has 0 aromatic heterocycles. The molecule has 2 aromatic rings. The standard InChI is InChI=1S/C23H29N5O5S/c1-17(29)25-19-8-9-21(26-34(2,32)33)20(14-19)23(31)28-12-10-27(11-13-28)16-22(30)24-15-18-6-4-3-5-7-18/h3-9,14,26H,10-13,15-16H2,1-2H3,(H,24,30)(H,25,29). The van der Waals surface area contributed by atoms with Gasteiger partial charge in [0.15, 0.2) is 0 Å². The monoisotopic (exact) mass is 487 g/mol. The number of nitrogens with zero attached hydrogens (tertiary/aromatic N) is 2. The van der Waals surface area contributed by atoms with Gasteiger partial charge in [0.05, 0.1) is 24.1 Å². The van der Waals surface area contributed by atoms with E-state index in [0.29, 0.717) is 38.4 Å². The summed E-state index contributed by atoms with van der Waals surface area (Å²) in [5, 5.41) is 5.50. The van der Waals surface area contributed by atoms with Crippen molar-refractivity contribution in [2.45, 2.75) is 13.5 Å². The number of piperazine rings is 1. The van der Waals surface area contributed by atoms with Crippen LogP contribution in [0.5, 0.6) is 0 Å². The van der Waals surface area contributed by atoms with Gasteiger partial charge in [0, 0.05) is 45.3 Å². The third-order valence-electron chi connectivity index (χ3n) is 5.22. The van der Waals surface area contributed by atoms with Crippen LogP contribution in [-0.2, 0) is 26.2 Å². The topological polar surface area (TPSA) is 128 Å². The normalized spacial score (nSPS) is 14.4. The van der Waals surface area contributed by atoms with Gasteiger partial charge in [-0.2, -0.15) is 0 Å². The van der Waals surface area contributed by atoms with Crippen LogP contribution in [0.2, 0.25) is 0 Å². The van der Waals surface area contributed by atoms with Gasteiger partial charge in [0.25, 0.3) is 5.91 Å². The number of hydrogen-bond acceptors (Lipinski definition) is 6. The maximum atomic E-state index is 13.2. The van der Waals surface area contributed by atoms with Gasteiger partial charge in [-0.3, -0.25) is 24.0 Å². The summed E-state index contributed by atoms with van der Waals surface area (Å²) in [7, 11) is -3.61. The van der Waals surface area contributed by atoms with E-state index in [-0.39, 0.29) is 35.5 Å². The first-order valence-corrected chi connectivity index (χ1v) is 12.7. The minimum absolute atomic E-state index is 0.0914. The predicted octanol–water partition coefficient (Wildman–Crippen LogP) is 1.09. The molecule has 34 heavy (non-hydrogen) atoms. The highest BCUT2D eigenvalue weighted by Gasteiger charge is 2.26. The number of carbonyl (C=O) groups excluding carboxylic acids is 3. The molecule has 2 aromatic carbocycles. The first-order valence-electron chi connectivity index (χ1n) is 10.8. The fraction of sp³-hybridized carbons (Fsp3) is 0.348. The third kappa shape index (κ3) is 7.56. The van der Waals surface area contributed by atoms with Gasteiger partial charge >= 0.3 is 0 Å². The van der Waals surface area contributed by atoms with Crippen LogP contribution >= 0.6 is 0 Å². The van der Waals surface area contributed by atoms with Crippen LogP contribution < -0.4 is 15.4 Å². The van der Waals surface area contributed by atoms with Crippen molar-refractivity contribution in [3.05, 3.63) is 59.7 Å². The van der Waals surface area contributed by atoms with Gasteiger partial charge in [0.1, 0.15) is 0 Å². The Balaban J connectivity index is 1.60. The number of hydrogen-bond donors (Lipinski definition) is 3. The van der Waals surface area contributed by atoms with Crippen LogP contribution in [0.25, 0.3) is 0 Å². The summed E-state index contributed by atoms with van der Waals surface area (Å²) in [4.78, 5) is 40.5. The second-order valence-corrected chi connectivity index (χ2v) is 9.89. The average molecular weight is 488 g/mol. The van der Waals surface area contributed by atoms with Crippen molar-refractivity contribution in [1.82, 2.24) is 15.1 Å². The molecule has 0 saturated carbocycles. The molecule has 1 aliphatic rings. The Morgan fingerprint density at radius 1 is 0.971 bits per heavy atom. The van der Waals surface area contributed by atoms with E-state index in [4.69, 9.17) is 0 Å². The Hall–Kier alpha value is -3.44. The van der Waals surface area contributed by atoms with Crippen molar-refractivity contribution < 1.29 is 22.8 Å². The Morgan fingerprint density at radius 2 is 1.65 bits per heavy atom. The highest BCUT2D eigenvalue weighted by atomic mass is 32.2. The molecule has 0 spiro atoms. The van der Waals surface area contributed by atoms with Crippen LogP contribution in [0.3, 0.4) is 0 Å². The van der Waals surface area contributed by atoms with E-state index in [9.17, 15) is 22.8 Å². The van der Waals surface area contributed by atoms with E-state index in [1.165, 1.54) is 25.1 Å². The van der Waals surface area contributed by atoms with Crippen molar-refractivity contribution in [3.8, 4) is 0 Å². The summed E-state index contributed by atoms with van der Waals surface area (Å²) >= 11 is 0. The largest absolute Gasteiger partial charge is 0.351 e. The van der Waals surface area contributed by atoms with Crippen LogP contribution in [0.15, 0.2) is 48.5 Å². The van der Waals surface area contributed by atoms with E-state index < -0.39 is 10.0 Å². The fourth-order valence-electron chi connectivity index (χ4n) is 3.63. The molecule has 3 N–H and O–H groups in total. The Labute approximate surface area is 199 Å². The minimum Gasteiger partial charge on any atom is -0.351 e. The van der Waals surface area contributed by atoms with Crippen LogP contribution in [0.1, 0.15) is 22.8 Å². The minimum atomic E-state index is -3.61. The number of nitrogens with one attached hydrogen (secondary N) is 3. The smallest absolute Gasteiger partial charge is 0.256 e. The van der Waals surface area contributed by atoms with Gasteiger partial charge in [-0.05, 0) is 23.8 Å². The molecular formula is C23H29N5O5S. The van der Waals surface area contributed by atoms with E-state index in [1.807, 2.05) is 35.2 Å². The molecule has 10 nitrogen and oxygen atoms in total. The first-order chi connectivity index (χ1) is 16.1. The molecule has 3 amide bonds. The fourth-order valence-corrected chi connectivity index (χ4v) is 4.20. The second kappa shape index (κ2) is 11.1. The average Bonchev–Trinajstić information content (AvgIpc) is 2.78. The maximum Gasteiger partial charge on any atom is 0.256 e. The zero-order chi connectivity index (χ0) is 24.7. The van der Waals surface area contributed by atoms with Gasteiger partial charge in [0.2, 0.25) is 21.8 Å². The van der Waals surface area contributed by atoms with Crippen molar-refractivity contribution in [1.29, 1.82) is 0 Å². The molecule has 182 valence electrons. The van der Waals surface area contributed by atoms with Gasteiger partial charge in [-0.25, -0.2) is 8.42 Å². The summed E-state index contributed by atoms with van der Waals surface area (Å²) < 4.78 is 25.9. The highest BCUT2D eigenvalue weighted by Crippen LogP contribution is 2.24. The van der Waals surface area contributed by atoms with Gasteiger partial charge in [-0.1, -0.05) is 30.3 Å². The lowest BCUT2D eigenvalue weighted by molar-refractivity contribution is -0.122. The Bertz CT molecular complexity index is 1150. The zero-order valence-electron chi connectivity index (χ0n) is 19.2. The molecule has 1 heterocycles. The molecule has 0 unspecified atom stereocenters. The lowest BCUT2D eigenvalue weighted by Crippen LogP contribution is -2.51. The van der Waals surface area contributed by atoms with E-state index in [2.05, 4.69) is 15.4 Å². The number of anilines is 2. The number of amides is 3. The highest BCUT2D eigenvalue weighted by molar-refractivity contribution is 7.92. The molecule has 0 bridgehead atoms. The lowest BCUT2D eigenvalue weighted by atomic mass is 10.1. The summed E-state index contributed by atoms with van der Waals surface area (Å²) in [6, 6.07) is 14.1. The molecule has 1 saturated heterocycles. The second-order valence-electron chi connectivity index (χ2n) is 8.15. The molecule has 11 heteroatoms. The number of carbonyl (C=O) groups is 3. The number of sulfonamides is 1. The Morgan fingerprint density at radius 3 is 2.26 bits per heavy atom. The molecule has 3 rings (SSSR count). The lowest BCUT2D eigenvalue weighted by Gasteiger charge is -2.34. The van der Waals surface area contributed by atoms with Crippen molar-refractivity contribution >= 4 is 39.1 Å². The molecule has 0 radical (unpaired) electrons. The SMILES string of the molecule is CC(=O)Nc1ccc(NS(C)(=O)=O)c(C(=O)N2CCN(CC(=O)NCc3ccccc3)CC2)c1. The van der Waals surface area contributed by atoms with E-state index in [1.54, 1.807) is 4.90 Å². The molecule has 1 fully saturated rings. The van der Waals surface area contributed by atoms with Crippen LogP contribution in [0, 0.1) is 0 Å². The predicted molar refractivity (Wildman–Crippen MR) is 130 cm³/mol. The van der Waals surface area contributed by atoms with Gasteiger partial charge in [-0.15, -0.1) is 0 Å². The quantitative estimate of drug-likeness (QED) is 0.512. The van der Waals surface area contributed by atoms with Crippen LogP contribution in [-0.4, -0.2) is 74.9 Å². The summed E-state index contributed by atoms with van der Waals surface area (Å²) in [6.45, 7) is 3.81. The summed E-state index contributed by atoms with van der Waals surface area (Å²) in [5.74, 6) is -0.751. The van der Waals surface area contributed by atoms with Crippen molar-refractivity contribution in [2.75, 3.05) is 49.0 Å². The molecule has 1 aliphatic heterocycles. The van der Waals surface area contributed by atoms with E-state index in [0.717, 1.165) is 11.8 Å².